The van der Waals surface area contributed by atoms with Gasteiger partial charge in [0.2, 0.25) is 5.91 Å². The maximum atomic E-state index is 12.9. The molecule has 1 fully saturated rings. The van der Waals surface area contributed by atoms with Crippen molar-refractivity contribution < 1.29 is 32.7 Å². The third-order valence-electron chi connectivity index (χ3n) is 5.72. The van der Waals surface area contributed by atoms with Crippen LogP contribution in [-0.4, -0.2) is 60.1 Å². The number of nitrogens with one attached hydrogen (secondary N) is 4. The lowest BCUT2D eigenvalue weighted by Crippen LogP contribution is -2.43. The smallest absolute Gasteiger partial charge is 0.416 e. The Morgan fingerprint density at radius 2 is 1.89 bits per heavy atom. The summed E-state index contributed by atoms with van der Waals surface area (Å²) in [6.45, 7) is 3.52. The average molecular weight is 523 g/mol. The number of likely N-dealkylation sites (tertiary alicyclic amines) is 1. The lowest BCUT2D eigenvalue weighted by atomic mass is 10.1. The number of nitrogens with two attached hydrogens (primary N) is 1. The number of aromatic hydroxyl groups is 1. The first-order valence-corrected chi connectivity index (χ1v) is 11.6. The summed E-state index contributed by atoms with van der Waals surface area (Å²) in [5, 5.41) is 20.3. The summed E-state index contributed by atoms with van der Waals surface area (Å²) in [7, 11) is 0. The highest BCUT2D eigenvalue weighted by Crippen LogP contribution is 2.31. The van der Waals surface area contributed by atoms with E-state index in [0.29, 0.717) is 38.7 Å². The van der Waals surface area contributed by atoms with E-state index in [2.05, 4.69) is 26.2 Å². The van der Waals surface area contributed by atoms with Gasteiger partial charge in [-0.25, -0.2) is 4.79 Å². The van der Waals surface area contributed by atoms with Gasteiger partial charge < -0.3 is 32.1 Å². The van der Waals surface area contributed by atoms with Crippen LogP contribution in [0.1, 0.15) is 34.8 Å². The van der Waals surface area contributed by atoms with Crippen LogP contribution in [0.5, 0.6) is 5.75 Å². The zero-order valence-electron chi connectivity index (χ0n) is 20.1. The van der Waals surface area contributed by atoms with Gasteiger partial charge in [0, 0.05) is 37.9 Å². The summed E-state index contributed by atoms with van der Waals surface area (Å²) in [6.07, 6.45) is -3.97. The van der Waals surface area contributed by atoms with Crippen molar-refractivity contribution in [1.82, 2.24) is 20.9 Å². The van der Waals surface area contributed by atoms with Gasteiger partial charge in [-0.05, 0) is 49.2 Å². The number of carbonyl (C=O) groups is 3. The normalized spacial score (nSPS) is 15.7. The molecule has 3 rings (SSSR count). The summed E-state index contributed by atoms with van der Waals surface area (Å²) in [4.78, 5) is 38.5. The molecule has 0 saturated carbocycles. The van der Waals surface area contributed by atoms with Gasteiger partial charge in [0.05, 0.1) is 23.4 Å². The van der Waals surface area contributed by atoms with Gasteiger partial charge in [0.15, 0.2) is 0 Å². The van der Waals surface area contributed by atoms with Gasteiger partial charge in [-0.15, -0.1) is 0 Å². The van der Waals surface area contributed by atoms with Crippen LogP contribution in [0.25, 0.3) is 0 Å². The zero-order chi connectivity index (χ0) is 27.2. The molecule has 1 aliphatic rings. The number of benzene rings is 2. The molecule has 13 heteroatoms. The molecule has 1 heterocycles. The van der Waals surface area contributed by atoms with Crippen LogP contribution in [0.3, 0.4) is 0 Å². The molecule has 37 heavy (non-hydrogen) atoms. The lowest BCUT2D eigenvalue weighted by molar-refractivity contribution is -0.137. The minimum absolute atomic E-state index is 0.0597. The van der Waals surface area contributed by atoms with Crippen molar-refractivity contribution >= 4 is 29.2 Å². The van der Waals surface area contributed by atoms with Gasteiger partial charge >= 0.3 is 12.2 Å². The number of hydrogen-bond donors (Lipinski definition) is 6. The Balaban J connectivity index is 1.49. The highest BCUT2D eigenvalue weighted by Gasteiger charge is 2.31. The van der Waals surface area contributed by atoms with E-state index in [1.807, 2.05) is 0 Å². The van der Waals surface area contributed by atoms with Crippen molar-refractivity contribution in [1.29, 1.82) is 0 Å². The fraction of sp³-hybridized carbons (Fsp3) is 0.375. The summed E-state index contributed by atoms with van der Waals surface area (Å²) in [6, 6.07) is 6.71. The Morgan fingerprint density at radius 3 is 2.59 bits per heavy atom. The number of halogens is 3. The number of nitrogens with zero attached hydrogens (tertiary/aromatic N) is 1. The van der Waals surface area contributed by atoms with Crippen LogP contribution in [0.2, 0.25) is 0 Å². The third-order valence-corrected chi connectivity index (χ3v) is 5.72. The molecule has 0 aromatic heterocycles. The number of anilines is 2. The van der Waals surface area contributed by atoms with Crippen molar-refractivity contribution in [2.24, 2.45) is 0 Å². The Bertz CT molecular complexity index is 1160. The first-order valence-electron chi connectivity index (χ1n) is 11.6. The minimum atomic E-state index is -4.63. The van der Waals surface area contributed by atoms with E-state index in [1.54, 1.807) is 19.1 Å². The van der Waals surface area contributed by atoms with Crippen LogP contribution in [0.15, 0.2) is 36.4 Å². The van der Waals surface area contributed by atoms with Crippen molar-refractivity contribution in [3.8, 4) is 5.75 Å². The predicted octanol–water partition coefficient (Wildman–Crippen LogP) is 2.26. The number of nitrogen functional groups attached to an aromatic ring is 1. The second-order valence-electron chi connectivity index (χ2n) is 8.61. The van der Waals surface area contributed by atoms with Gasteiger partial charge in [-0.2, -0.15) is 13.2 Å². The van der Waals surface area contributed by atoms with Gasteiger partial charge in [0.1, 0.15) is 5.75 Å². The van der Waals surface area contributed by atoms with E-state index in [9.17, 15) is 32.7 Å². The van der Waals surface area contributed by atoms with Crippen LogP contribution >= 0.6 is 0 Å². The van der Waals surface area contributed by atoms with Crippen molar-refractivity contribution in [3.05, 3.63) is 53.1 Å². The van der Waals surface area contributed by atoms with E-state index < -0.39 is 36.1 Å². The molecule has 0 unspecified atom stereocenters. The summed E-state index contributed by atoms with van der Waals surface area (Å²) in [5.74, 6) is -1.42. The number of carbonyl (C=O) groups excluding carboxylic acids is 3. The first kappa shape index (κ1) is 27.6. The Kier molecular flexibility index (Phi) is 8.81. The second-order valence-corrected chi connectivity index (χ2v) is 8.61. The van der Waals surface area contributed by atoms with Crippen LogP contribution in [-0.2, 0) is 17.5 Å². The minimum Gasteiger partial charge on any atom is -0.506 e. The zero-order valence-corrected chi connectivity index (χ0v) is 20.1. The Morgan fingerprint density at radius 1 is 1.14 bits per heavy atom. The topological polar surface area (TPSA) is 149 Å². The lowest BCUT2D eigenvalue weighted by Gasteiger charge is -2.18. The third kappa shape index (κ3) is 7.74. The first-order chi connectivity index (χ1) is 17.5. The van der Waals surface area contributed by atoms with E-state index in [1.165, 1.54) is 6.07 Å². The molecular formula is C24H29F3N6O4. The van der Waals surface area contributed by atoms with Gasteiger partial charge in [0.25, 0.3) is 5.91 Å². The van der Waals surface area contributed by atoms with Crippen molar-refractivity contribution in [2.45, 2.75) is 32.1 Å². The molecular weight excluding hydrogens is 493 g/mol. The number of rotatable bonds is 8. The van der Waals surface area contributed by atoms with E-state index in [-0.39, 0.29) is 28.7 Å². The molecule has 1 saturated heterocycles. The summed E-state index contributed by atoms with van der Waals surface area (Å²) in [5.41, 5.74) is 5.27. The maximum absolute atomic E-state index is 12.9. The molecule has 1 atom stereocenters. The van der Waals surface area contributed by atoms with Crippen molar-refractivity contribution in [2.75, 3.05) is 37.2 Å². The van der Waals surface area contributed by atoms with Crippen LogP contribution < -0.4 is 27.0 Å². The molecule has 4 amide bonds. The summed E-state index contributed by atoms with van der Waals surface area (Å²) < 4.78 is 38.8. The molecule has 200 valence electrons. The Labute approximate surface area is 211 Å². The molecule has 1 aliphatic heterocycles. The highest BCUT2D eigenvalue weighted by molar-refractivity contribution is 6.00. The second kappa shape index (κ2) is 11.8. The number of phenols is 1. The maximum Gasteiger partial charge on any atom is 0.416 e. The standard InChI is InChI=1S/C24H29F3N6O4/c1-2-29-23(37)32-19-9-14(3-6-20(19)34)12-33-8-7-16(13-33)31-21(35)11-30-22(36)17-10-15(24(25,26)27)4-5-18(17)28/h3-6,9-10,16,34H,2,7-8,11-13,28H2,1H3,(H,30,36)(H,31,35)(H2,29,32,37)/t16-/m1/s1. The number of hydrogen-bond acceptors (Lipinski definition) is 6. The van der Waals surface area contributed by atoms with Crippen LogP contribution in [0.4, 0.5) is 29.3 Å². The van der Waals surface area contributed by atoms with E-state index in [0.717, 1.165) is 17.7 Å². The largest absolute Gasteiger partial charge is 0.506 e. The molecule has 2 aromatic rings. The Hall–Kier alpha value is -4.00. The monoisotopic (exact) mass is 522 g/mol. The molecule has 0 spiro atoms. The van der Waals surface area contributed by atoms with Crippen LogP contribution in [0, 0.1) is 0 Å². The molecule has 2 aromatic carbocycles. The molecule has 7 N–H and O–H groups in total. The van der Waals surface area contributed by atoms with Gasteiger partial charge in [-0.1, -0.05) is 6.07 Å². The quantitative estimate of drug-likeness (QED) is 0.231. The molecule has 0 bridgehead atoms. The number of amides is 4. The van der Waals surface area contributed by atoms with E-state index >= 15 is 0 Å². The average Bonchev–Trinajstić information content (AvgIpc) is 3.25. The number of phenolic OH excluding ortho intramolecular Hbond substituents is 1. The molecule has 10 nitrogen and oxygen atoms in total. The fourth-order valence-electron chi connectivity index (χ4n) is 3.92. The molecule has 0 aliphatic carbocycles. The molecule has 0 radical (unpaired) electrons. The van der Waals surface area contributed by atoms with E-state index in [4.69, 9.17) is 5.73 Å². The summed E-state index contributed by atoms with van der Waals surface area (Å²) >= 11 is 0. The van der Waals surface area contributed by atoms with Crippen molar-refractivity contribution in [3.63, 3.8) is 0 Å². The predicted molar refractivity (Wildman–Crippen MR) is 131 cm³/mol. The number of urea groups is 1. The number of alkyl halides is 3. The fourth-order valence-corrected chi connectivity index (χ4v) is 3.92. The SMILES string of the molecule is CCNC(=O)Nc1cc(CN2CC[C@@H](NC(=O)CNC(=O)c3cc(C(F)(F)F)ccc3N)C2)ccc1O. The van der Waals surface area contributed by atoms with Gasteiger partial charge in [-0.3, -0.25) is 14.5 Å². The highest BCUT2D eigenvalue weighted by atomic mass is 19.4.